The summed E-state index contributed by atoms with van der Waals surface area (Å²) in [6.45, 7) is 0.00976. The molecule has 0 aromatic heterocycles. The summed E-state index contributed by atoms with van der Waals surface area (Å²) < 4.78 is 6.12. The van der Waals surface area contributed by atoms with E-state index in [-0.39, 0.29) is 24.2 Å². The third-order valence-electron chi connectivity index (χ3n) is 4.58. The van der Waals surface area contributed by atoms with Crippen molar-refractivity contribution in [2.45, 2.75) is 19.3 Å². The number of anilines is 1. The van der Waals surface area contributed by atoms with Crippen LogP contribution >= 0.6 is 15.9 Å². The third-order valence-corrected chi connectivity index (χ3v) is 5.24. The number of rotatable bonds is 2. The highest BCUT2D eigenvalue weighted by Crippen LogP contribution is 2.55. The van der Waals surface area contributed by atoms with Gasteiger partial charge in [0, 0.05) is 16.0 Å². The van der Waals surface area contributed by atoms with E-state index in [1.165, 1.54) is 6.42 Å². The molecule has 1 aromatic carbocycles. The molecule has 3 aliphatic rings. The Kier molecular flexibility index (Phi) is 2.67. The van der Waals surface area contributed by atoms with Crippen LogP contribution in [0.1, 0.15) is 29.6 Å². The summed E-state index contributed by atoms with van der Waals surface area (Å²) in [6, 6.07) is 3.51. The number of carbonyl (C=O) groups is 2. The number of benzene rings is 1. The number of carbonyl (C=O) groups excluding carboxylic acids is 2. The Labute approximate surface area is 125 Å². The van der Waals surface area contributed by atoms with Crippen molar-refractivity contribution in [3.63, 3.8) is 0 Å². The van der Waals surface area contributed by atoms with E-state index in [1.807, 2.05) is 0 Å². The second kappa shape index (κ2) is 4.32. The molecule has 0 bridgehead atoms. The topological polar surface area (TPSA) is 55.4 Å². The van der Waals surface area contributed by atoms with Gasteiger partial charge < -0.3 is 10.1 Å². The molecule has 2 saturated carbocycles. The number of fused-ring (bicyclic) bond motifs is 2. The Bertz CT molecular complexity index is 618. The monoisotopic (exact) mass is 335 g/mol. The number of amides is 1. The minimum Gasteiger partial charge on any atom is -0.482 e. The quantitative estimate of drug-likeness (QED) is 0.845. The molecule has 0 saturated heterocycles. The van der Waals surface area contributed by atoms with Gasteiger partial charge in [0.1, 0.15) is 5.75 Å². The molecule has 5 heteroatoms. The lowest BCUT2D eigenvalue weighted by atomic mass is 9.93. The van der Waals surface area contributed by atoms with E-state index in [0.717, 1.165) is 29.2 Å². The van der Waals surface area contributed by atoms with Gasteiger partial charge in [0.15, 0.2) is 12.4 Å². The van der Waals surface area contributed by atoms with Crippen LogP contribution in [0.2, 0.25) is 0 Å². The molecule has 2 aliphatic carbocycles. The molecule has 4 nitrogen and oxygen atoms in total. The zero-order chi connectivity index (χ0) is 13.9. The van der Waals surface area contributed by atoms with Crippen LogP contribution in [0.3, 0.4) is 0 Å². The molecular weight excluding hydrogens is 322 g/mol. The smallest absolute Gasteiger partial charge is 0.262 e. The summed E-state index contributed by atoms with van der Waals surface area (Å²) in [5.41, 5.74) is 1.30. The van der Waals surface area contributed by atoms with Crippen LogP contribution in [-0.4, -0.2) is 18.3 Å². The second-order valence-corrected chi connectivity index (χ2v) is 6.81. The number of hydrogen-bond acceptors (Lipinski definition) is 3. The fourth-order valence-corrected chi connectivity index (χ4v) is 3.98. The first kappa shape index (κ1) is 12.4. The molecule has 2 fully saturated rings. The first-order chi connectivity index (χ1) is 9.61. The van der Waals surface area contributed by atoms with Gasteiger partial charge >= 0.3 is 0 Å². The highest BCUT2D eigenvalue weighted by molar-refractivity contribution is 9.10. The fourth-order valence-electron chi connectivity index (χ4n) is 3.44. The average Bonchev–Trinajstić information content (AvgIpc) is 3.03. The number of hydrogen-bond donors (Lipinski definition) is 1. The van der Waals surface area contributed by atoms with E-state index in [1.54, 1.807) is 12.1 Å². The van der Waals surface area contributed by atoms with Crippen LogP contribution in [0.15, 0.2) is 16.6 Å². The molecule has 2 atom stereocenters. The summed E-state index contributed by atoms with van der Waals surface area (Å²) in [4.78, 5) is 23.9. The summed E-state index contributed by atoms with van der Waals surface area (Å²) in [6.07, 6.45) is 3.37. The van der Waals surface area contributed by atoms with Crippen LogP contribution in [-0.2, 0) is 4.79 Å². The minimum absolute atomic E-state index is 0.00976. The zero-order valence-corrected chi connectivity index (χ0v) is 12.4. The Morgan fingerprint density at radius 2 is 2.00 bits per heavy atom. The highest BCUT2D eigenvalue weighted by Gasteiger charge is 2.48. The molecule has 104 valence electrons. The Balaban J connectivity index is 1.64. The van der Waals surface area contributed by atoms with Crippen molar-refractivity contribution >= 4 is 33.3 Å². The average molecular weight is 336 g/mol. The van der Waals surface area contributed by atoms with Gasteiger partial charge in [-0.1, -0.05) is 0 Å². The standard InChI is InChI=1S/C15H14BrNO3/c16-11-5-12-13(20-6-14(18)17-12)4-10(11)15(19)9-2-7-1-8(7)3-9/h4-5,7-9H,1-3,6H2,(H,17,18). The first-order valence-corrected chi connectivity index (χ1v) is 7.71. The molecule has 4 rings (SSSR count). The molecule has 1 aliphatic heterocycles. The van der Waals surface area contributed by atoms with Crippen molar-refractivity contribution < 1.29 is 14.3 Å². The Morgan fingerprint density at radius 3 is 2.75 bits per heavy atom. The van der Waals surface area contributed by atoms with Crippen molar-refractivity contribution in [1.29, 1.82) is 0 Å². The normalized spacial score (nSPS) is 30.1. The predicted octanol–water partition coefficient (Wildman–Crippen LogP) is 3.01. The van der Waals surface area contributed by atoms with E-state index in [0.29, 0.717) is 17.0 Å². The predicted molar refractivity (Wildman–Crippen MR) is 76.9 cm³/mol. The number of ketones is 1. The van der Waals surface area contributed by atoms with Crippen LogP contribution < -0.4 is 10.1 Å². The molecule has 0 spiro atoms. The Hall–Kier alpha value is -1.36. The maximum atomic E-state index is 12.6. The van der Waals surface area contributed by atoms with Crippen LogP contribution in [0, 0.1) is 17.8 Å². The maximum Gasteiger partial charge on any atom is 0.262 e. The lowest BCUT2D eigenvalue weighted by Gasteiger charge is -2.20. The van der Waals surface area contributed by atoms with Gasteiger partial charge in [0.25, 0.3) is 5.91 Å². The molecule has 1 N–H and O–H groups in total. The summed E-state index contributed by atoms with van der Waals surface area (Å²) in [5.74, 6) is 2.35. The van der Waals surface area contributed by atoms with E-state index in [2.05, 4.69) is 21.2 Å². The molecule has 0 radical (unpaired) electrons. The van der Waals surface area contributed by atoms with Gasteiger partial charge in [-0.3, -0.25) is 9.59 Å². The van der Waals surface area contributed by atoms with E-state index < -0.39 is 0 Å². The molecule has 1 amide bonds. The number of ether oxygens (including phenoxy) is 1. The SMILES string of the molecule is O=C1COc2cc(C(=O)C3CC4CC4C3)c(Br)cc2N1. The Morgan fingerprint density at radius 1 is 1.25 bits per heavy atom. The molecule has 1 heterocycles. The van der Waals surface area contributed by atoms with Crippen molar-refractivity contribution in [2.24, 2.45) is 17.8 Å². The van der Waals surface area contributed by atoms with Gasteiger partial charge in [-0.2, -0.15) is 0 Å². The van der Waals surface area contributed by atoms with E-state index in [4.69, 9.17) is 4.74 Å². The number of Topliss-reactive ketones (excluding diaryl/α,β-unsaturated/α-hetero) is 1. The van der Waals surface area contributed by atoms with Gasteiger partial charge in [0.2, 0.25) is 0 Å². The van der Waals surface area contributed by atoms with Gasteiger partial charge in [-0.25, -0.2) is 0 Å². The minimum atomic E-state index is -0.167. The van der Waals surface area contributed by atoms with Crippen molar-refractivity contribution in [2.75, 3.05) is 11.9 Å². The maximum absolute atomic E-state index is 12.6. The third kappa shape index (κ3) is 1.95. The summed E-state index contributed by atoms with van der Waals surface area (Å²) >= 11 is 3.44. The van der Waals surface area contributed by atoms with Crippen LogP contribution in [0.5, 0.6) is 5.75 Å². The summed E-state index contributed by atoms with van der Waals surface area (Å²) in [5, 5.41) is 2.75. The number of nitrogens with one attached hydrogen (secondary N) is 1. The first-order valence-electron chi connectivity index (χ1n) is 6.92. The van der Waals surface area contributed by atoms with Crippen LogP contribution in [0.4, 0.5) is 5.69 Å². The second-order valence-electron chi connectivity index (χ2n) is 5.95. The lowest BCUT2D eigenvalue weighted by molar-refractivity contribution is -0.118. The zero-order valence-electron chi connectivity index (χ0n) is 10.8. The van der Waals surface area contributed by atoms with Gasteiger partial charge in [-0.05, 0) is 59.2 Å². The van der Waals surface area contributed by atoms with Crippen molar-refractivity contribution in [3.05, 3.63) is 22.2 Å². The van der Waals surface area contributed by atoms with Crippen molar-refractivity contribution in [3.8, 4) is 5.75 Å². The largest absolute Gasteiger partial charge is 0.482 e. The molecule has 20 heavy (non-hydrogen) atoms. The van der Waals surface area contributed by atoms with Crippen LogP contribution in [0.25, 0.3) is 0 Å². The highest BCUT2D eigenvalue weighted by atomic mass is 79.9. The fraction of sp³-hybridized carbons (Fsp3) is 0.467. The van der Waals surface area contributed by atoms with E-state index in [9.17, 15) is 9.59 Å². The van der Waals surface area contributed by atoms with Gasteiger partial charge in [-0.15, -0.1) is 0 Å². The van der Waals surface area contributed by atoms with E-state index >= 15 is 0 Å². The summed E-state index contributed by atoms with van der Waals surface area (Å²) in [7, 11) is 0. The molecule has 1 aromatic rings. The molecule has 2 unspecified atom stereocenters. The van der Waals surface area contributed by atoms with Crippen molar-refractivity contribution in [1.82, 2.24) is 0 Å². The number of halogens is 1. The lowest BCUT2D eigenvalue weighted by Crippen LogP contribution is -2.26. The molecular formula is C15H14BrNO3. The van der Waals surface area contributed by atoms with Gasteiger partial charge in [0.05, 0.1) is 5.69 Å².